The number of hydrogen-bond donors (Lipinski definition) is 2. The monoisotopic (exact) mass is 348 g/mol. The number of aryl methyl sites for hydroxylation is 2. The van der Waals surface area contributed by atoms with Crippen molar-refractivity contribution in [3.63, 3.8) is 0 Å². The molecule has 0 aliphatic heterocycles. The van der Waals surface area contributed by atoms with Crippen LogP contribution in [0.3, 0.4) is 0 Å². The lowest BCUT2D eigenvalue weighted by molar-refractivity contribution is 0.546. The largest absolute Gasteiger partial charge is 0.271 e. The van der Waals surface area contributed by atoms with Crippen LogP contribution in [0.4, 0.5) is 4.39 Å². The van der Waals surface area contributed by atoms with Crippen molar-refractivity contribution in [3.05, 3.63) is 68.9 Å². The zero-order valence-corrected chi connectivity index (χ0v) is 13.3. The Morgan fingerprint density at radius 3 is 2.81 bits per heavy atom. The minimum atomic E-state index is -0.239. The number of halogens is 2. The van der Waals surface area contributed by atoms with E-state index in [0.29, 0.717) is 10.9 Å². The van der Waals surface area contributed by atoms with E-state index in [-0.39, 0.29) is 11.9 Å². The van der Waals surface area contributed by atoms with Gasteiger partial charge in [-0.05, 0) is 69.9 Å². The molecule has 3 N–H and O–H groups in total. The standard InChI is InChI=1S/C17H18BrFN2/c18-17-14(5-2-6-15(17)19)10-16(21-20)13-8-7-11-3-1-4-12(11)9-13/h2,5-9,16,21H,1,3-4,10,20H2. The fraction of sp³-hybridized carbons (Fsp3) is 0.294. The van der Waals surface area contributed by atoms with E-state index in [9.17, 15) is 4.39 Å². The number of fused-ring (bicyclic) bond motifs is 1. The van der Waals surface area contributed by atoms with Crippen LogP contribution in [0.25, 0.3) is 0 Å². The highest BCUT2D eigenvalue weighted by molar-refractivity contribution is 9.10. The average molecular weight is 349 g/mol. The van der Waals surface area contributed by atoms with Gasteiger partial charge in [0.2, 0.25) is 0 Å². The van der Waals surface area contributed by atoms with Gasteiger partial charge in [-0.25, -0.2) is 4.39 Å². The molecule has 0 saturated heterocycles. The molecule has 1 aliphatic carbocycles. The van der Waals surface area contributed by atoms with Crippen LogP contribution in [0.1, 0.15) is 34.7 Å². The molecule has 2 aromatic rings. The minimum absolute atomic E-state index is 0.0194. The first-order chi connectivity index (χ1) is 10.2. The van der Waals surface area contributed by atoms with Crippen LogP contribution in [0, 0.1) is 5.82 Å². The molecule has 0 aromatic heterocycles. The van der Waals surface area contributed by atoms with Crippen LogP contribution in [-0.2, 0) is 19.3 Å². The Morgan fingerprint density at radius 2 is 2.00 bits per heavy atom. The van der Waals surface area contributed by atoms with E-state index in [2.05, 4.69) is 39.6 Å². The highest BCUT2D eigenvalue weighted by atomic mass is 79.9. The van der Waals surface area contributed by atoms with Gasteiger partial charge >= 0.3 is 0 Å². The van der Waals surface area contributed by atoms with Gasteiger partial charge in [0.1, 0.15) is 5.82 Å². The molecule has 110 valence electrons. The molecule has 0 bridgehead atoms. The van der Waals surface area contributed by atoms with Crippen LogP contribution in [0.2, 0.25) is 0 Å². The summed E-state index contributed by atoms with van der Waals surface area (Å²) >= 11 is 3.32. The Bertz CT molecular complexity index is 657. The highest BCUT2D eigenvalue weighted by Gasteiger charge is 2.17. The number of hydrogen-bond acceptors (Lipinski definition) is 2. The van der Waals surface area contributed by atoms with Crippen molar-refractivity contribution in [3.8, 4) is 0 Å². The SMILES string of the molecule is NNC(Cc1cccc(F)c1Br)c1ccc2c(c1)CCC2. The van der Waals surface area contributed by atoms with Crippen molar-refractivity contribution in [2.24, 2.45) is 5.84 Å². The van der Waals surface area contributed by atoms with Crippen molar-refractivity contribution in [2.75, 3.05) is 0 Å². The molecule has 3 rings (SSSR count). The molecule has 1 unspecified atom stereocenters. The highest BCUT2D eigenvalue weighted by Crippen LogP contribution is 2.29. The summed E-state index contributed by atoms with van der Waals surface area (Å²) in [5, 5.41) is 0. The Labute approximate surface area is 132 Å². The number of hydrazine groups is 1. The number of nitrogens with one attached hydrogen (secondary N) is 1. The number of rotatable bonds is 4. The van der Waals surface area contributed by atoms with Gasteiger partial charge in [-0.3, -0.25) is 11.3 Å². The second kappa shape index (κ2) is 6.26. The lowest BCUT2D eigenvalue weighted by Crippen LogP contribution is -2.29. The topological polar surface area (TPSA) is 38.0 Å². The third kappa shape index (κ3) is 3.03. The zero-order valence-electron chi connectivity index (χ0n) is 11.7. The lowest BCUT2D eigenvalue weighted by Gasteiger charge is -2.18. The molecule has 21 heavy (non-hydrogen) atoms. The maximum Gasteiger partial charge on any atom is 0.137 e. The summed E-state index contributed by atoms with van der Waals surface area (Å²) in [5.74, 6) is 5.49. The van der Waals surface area contributed by atoms with Gasteiger partial charge in [0.15, 0.2) is 0 Å². The second-order valence-corrected chi connectivity index (χ2v) is 6.31. The molecule has 0 spiro atoms. The Balaban J connectivity index is 1.87. The summed E-state index contributed by atoms with van der Waals surface area (Å²) < 4.78 is 14.1. The first-order valence-electron chi connectivity index (χ1n) is 7.19. The van der Waals surface area contributed by atoms with Crippen LogP contribution in [-0.4, -0.2) is 0 Å². The van der Waals surface area contributed by atoms with E-state index in [1.54, 1.807) is 6.07 Å². The molecule has 0 fully saturated rings. The van der Waals surface area contributed by atoms with Crippen LogP contribution in [0.15, 0.2) is 40.9 Å². The molecule has 0 heterocycles. The Kier molecular flexibility index (Phi) is 4.38. The molecule has 1 atom stereocenters. The summed E-state index contributed by atoms with van der Waals surface area (Å²) in [6.45, 7) is 0. The number of nitrogens with two attached hydrogens (primary N) is 1. The average Bonchev–Trinajstić information content (AvgIpc) is 2.96. The third-order valence-electron chi connectivity index (χ3n) is 4.18. The van der Waals surface area contributed by atoms with E-state index in [0.717, 1.165) is 17.5 Å². The molecule has 2 nitrogen and oxygen atoms in total. The summed E-state index contributed by atoms with van der Waals surface area (Å²) in [5.41, 5.74) is 7.81. The Morgan fingerprint density at radius 1 is 1.19 bits per heavy atom. The van der Waals surface area contributed by atoms with E-state index >= 15 is 0 Å². The molecule has 4 heteroatoms. The quantitative estimate of drug-likeness (QED) is 0.651. The molecule has 2 aromatic carbocycles. The molecule has 0 saturated carbocycles. The smallest absolute Gasteiger partial charge is 0.137 e. The predicted octanol–water partition coefficient (Wildman–Crippen LogP) is 3.82. The Hall–Kier alpha value is -1.23. The normalized spacial score (nSPS) is 15.0. The summed E-state index contributed by atoms with van der Waals surface area (Å²) in [6, 6.07) is 11.6. The fourth-order valence-corrected chi connectivity index (χ4v) is 3.43. The maximum atomic E-state index is 13.6. The maximum absolute atomic E-state index is 13.6. The van der Waals surface area contributed by atoms with Crippen molar-refractivity contribution in [2.45, 2.75) is 31.7 Å². The van der Waals surface area contributed by atoms with E-state index in [1.807, 2.05) is 6.07 Å². The molecular formula is C17H18BrFN2. The van der Waals surface area contributed by atoms with Gasteiger partial charge in [0.25, 0.3) is 0 Å². The number of benzene rings is 2. The third-order valence-corrected chi connectivity index (χ3v) is 5.07. The van der Waals surface area contributed by atoms with Crippen molar-refractivity contribution in [1.82, 2.24) is 5.43 Å². The van der Waals surface area contributed by atoms with Crippen LogP contribution in [0.5, 0.6) is 0 Å². The predicted molar refractivity (Wildman–Crippen MR) is 86.3 cm³/mol. The molecular weight excluding hydrogens is 331 g/mol. The van der Waals surface area contributed by atoms with Gasteiger partial charge in [0.05, 0.1) is 10.5 Å². The van der Waals surface area contributed by atoms with Crippen molar-refractivity contribution >= 4 is 15.9 Å². The molecule has 0 radical (unpaired) electrons. The van der Waals surface area contributed by atoms with Gasteiger partial charge in [-0.2, -0.15) is 0 Å². The summed E-state index contributed by atoms with van der Waals surface area (Å²) in [6.07, 6.45) is 4.19. The summed E-state index contributed by atoms with van der Waals surface area (Å²) in [4.78, 5) is 0. The van der Waals surface area contributed by atoms with E-state index < -0.39 is 0 Å². The minimum Gasteiger partial charge on any atom is -0.271 e. The van der Waals surface area contributed by atoms with Gasteiger partial charge < -0.3 is 0 Å². The first kappa shape index (κ1) is 14.7. The molecule has 0 amide bonds. The first-order valence-corrected chi connectivity index (χ1v) is 7.99. The van der Waals surface area contributed by atoms with Gasteiger partial charge in [-0.15, -0.1) is 0 Å². The van der Waals surface area contributed by atoms with Crippen molar-refractivity contribution in [1.29, 1.82) is 0 Å². The van der Waals surface area contributed by atoms with Gasteiger partial charge in [-0.1, -0.05) is 30.3 Å². The summed E-state index contributed by atoms with van der Waals surface area (Å²) in [7, 11) is 0. The van der Waals surface area contributed by atoms with E-state index in [4.69, 9.17) is 5.84 Å². The van der Waals surface area contributed by atoms with Crippen molar-refractivity contribution < 1.29 is 4.39 Å². The van der Waals surface area contributed by atoms with Crippen LogP contribution >= 0.6 is 15.9 Å². The van der Waals surface area contributed by atoms with Gasteiger partial charge in [0, 0.05) is 0 Å². The second-order valence-electron chi connectivity index (χ2n) is 5.52. The zero-order chi connectivity index (χ0) is 14.8. The van der Waals surface area contributed by atoms with E-state index in [1.165, 1.54) is 30.0 Å². The lowest BCUT2D eigenvalue weighted by atomic mass is 9.96. The van der Waals surface area contributed by atoms with Crippen LogP contribution < -0.4 is 11.3 Å². The molecule has 1 aliphatic rings. The fourth-order valence-electron chi connectivity index (χ4n) is 3.01.